The number of hydrogen-bond donors (Lipinski definition) is 1. The summed E-state index contributed by atoms with van der Waals surface area (Å²) in [6.07, 6.45) is 2.63. The summed E-state index contributed by atoms with van der Waals surface area (Å²) >= 11 is 0. The molecule has 2 N–H and O–H groups in total. The lowest BCUT2D eigenvalue weighted by atomic mass is 10.00. The minimum atomic E-state index is 0.772. The van der Waals surface area contributed by atoms with Gasteiger partial charge in [-0.05, 0) is 56.5 Å². The van der Waals surface area contributed by atoms with E-state index < -0.39 is 0 Å². The molecule has 1 atom stereocenters. The molecule has 0 aliphatic carbocycles. The van der Waals surface area contributed by atoms with E-state index >= 15 is 0 Å². The molecule has 4 heteroatoms. The lowest BCUT2D eigenvalue weighted by molar-refractivity contribution is 0.174. The molecule has 3 heterocycles. The molecule has 130 valence electrons. The second-order valence-corrected chi connectivity index (χ2v) is 7.37. The third-order valence-electron chi connectivity index (χ3n) is 5.23. The zero-order valence-corrected chi connectivity index (χ0v) is 15.1. The van der Waals surface area contributed by atoms with E-state index in [-0.39, 0.29) is 0 Å². The van der Waals surface area contributed by atoms with Crippen LogP contribution in [0.15, 0.2) is 42.5 Å². The molecule has 1 fully saturated rings. The van der Waals surface area contributed by atoms with Crippen molar-refractivity contribution < 1.29 is 0 Å². The van der Waals surface area contributed by atoms with Crippen LogP contribution in [0.3, 0.4) is 0 Å². The molecule has 0 spiro atoms. The van der Waals surface area contributed by atoms with Gasteiger partial charge in [-0.2, -0.15) is 0 Å². The highest BCUT2D eigenvalue weighted by Gasteiger charge is 2.21. The van der Waals surface area contributed by atoms with Crippen LogP contribution in [-0.2, 0) is 6.54 Å². The fourth-order valence-electron chi connectivity index (χ4n) is 3.99. The van der Waals surface area contributed by atoms with Crippen molar-refractivity contribution in [2.24, 2.45) is 5.92 Å². The Kier molecular flexibility index (Phi) is 4.22. The molecule has 1 aromatic carbocycles. The molecule has 1 aliphatic rings. The first-order valence-electron chi connectivity index (χ1n) is 9.17. The molecule has 1 unspecified atom stereocenters. The second-order valence-electron chi connectivity index (χ2n) is 7.37. The Labute approximate surface area is 149 Å². The van der Waals surface area contributed by atoms with Gasteiger partial charge >= 0.3 is 0 Å². The van der Waals surface area contributed by atoms with Gasteiger partial charge in [-0.3, -0.25) is 9.30 Å². The first-order valence-corrected chi connectivity index (χ1v) is 9.17. The monoisotopic (exact) mass is 334 g/mol. The molecule has 25 heavy (non-hydrogen) atoms. The zero-order chi connectivity index (χ0) is 17.4. The molecule has 0 radical (unpaired) electrons. The van der Waals surface area contributed by atoms with Crippen molar-refractivity contribution in [2.45, 2.75) is 33.2 Å². The molecular weight excluding hydrogens is 308 g/mol. The van der Waals surface area contributed by atoms with Crippen LogP contribution in [0.5, 0.6) is 0 Å². The van der Waals surface area contributed by atoms with Gasteiger partial charge in [0.1, 0.15) is 5.65 Å². The van der Waals surface area contributed by atoms with Gasteiger partial charge in [0, 0.05) is 30.0 Å². The average Bonchev–Trinajstić information content (AvgIpc) is 2.95. The first-order chi connectivity index (χ1) is 12.1. The van der Waals surface area contributed by atoms with E-state index in [0.29, 0.717) is 0 Å². The van der Waals surface area contributed by atoms with Crippen LogP contribution in [0, 0.1) is 12.8 Å². The Balaban J connectivity index is 1.81. The molecular formula is C21H26N4. The van der Waals surface area contributed by atoms with Crippen molar-refractivity contribution in [2.75, 3.05) is 18.8 Å². The third-order valence-corrected chi connectivity index (χ3v) is 5.23. The molecule has 3 aromatic rings. The summed E-state index contributed by atoms with van der Waals surface area (Å²) in [6, 6.07) is 14.4. The predicted molar refractivity (Wildman–Crippen MR) is 103 cm³/mol. The third kappa shape index (κ3) is 3.14. The normalized spacial score (nSPS) is 18.7. The fourth-order valence-corrected chi connectivity index (χ4v) is 3.99. The Morgan fingerprint density at radius 1 is 1.16 bits per heavy atom. The van der Waals surface area contributed by atoms with E-state index in [1.165, 1.54) is 37.3 Å². The van der Waals surface area contributed by atoms with Gasteiger partial charge in [-0.25, -0.2) is 4.98 Å². The number of nitrogens with two attached hydrogens (primary N) is 1. The highest BCUT2D eigenvalue weighted by atomic mass is 15.2. The van der Waals surface area contributed by atoms with Crippen LogP contribution in [-0.4, -0.2) is 27.4 Å². The van der Waals surface area contributed by atoms with E-state index in [0.717, 1.165) is 35.1 Å². The number of imidazole rings is 1. The van der Waals surface area contributed by atoms with Crippen molar-refractivity contribution in [1.82, 2.24) is 14.3 Å². The highest BCUT2D eigenvalue weighted by Crippen LogP contribution is 2.28. The van der Waals surface area contributed by atoms with E-state index in [1.807, 2.05) is 12.1 Å². The number of benzene rings is 1. The SMILES string of the molecule is Cc1cccc2nc(-c3ccc(N)cc3)c(CN3CCCC(C)C3)n12. The summed E-state index contributed by atoms with van der Waals surface area (Å²) in [5.41, 5.74) is 12.4. The maximum atomic E-state index is 5.87. The van der Waals surface area contributed by atoms with Crippen LogP contribution in [0.4, 0.5) is 5.69 Å². The number of aromatic nitrogens is 2. The number of nitrogens with zero attached hydrogens (tertiary/aromatic N) is 3. The maximum absolute atomic E-state index is 5.87. The fraction of sp³-hybridized carbons (Fsp3) is 0.381. The van der Waals surface area contributed by atoms with E-state index in [2.05, 4.69) is 53.5 Å². The molecule has 0 saturated carbocycles. The lowest BCUT2D eigenvalue weighted by Gasteiger charge is -2.31. The molecule has 0 bridgehead atoms. The topological polar surface area (TPSA) is 46.6 Å². The number of piperidine rings is 1. The van der Waals surface area contributed by atoms with Crippen LogP contribution in [0.1, 0.15) is 31.2 Å². The van der Waals surface area contributed by atoms with Gasteiger partial charge in [0.2, 0.25) is 0 Å². The molecule has 2 aromatic heterocycles. The van der Waals surface area contributed by atoms with E-state index in [9.17, 15) is 0 Å². The summed E-state index contributed by atoms with van der Waals surface area (Å²) in [6.45, 7) is 7.79. The molecule has 1 saturated heterocycles. The van der Waals surface area contributed by atoms with Crippen LogP contribution >= 0.6 is 0 Å². The zero-order valence-electron chi connectivity index (χ0n) is 15.1. The maximum Gasteiger partial charge on any atom is 0.137 e. The first kappa shape index (κ1) is 16.2. The van der Waals surface area contributed by atoms with Crippen molar-refractivity contribution in [3.63, 3.8) is 0 Å². The van der Waals surface area contributed by atoms with Crippen LogP contribution in [0.25, 0.3) is 16.9 Å². The van der Waals surface area contributed by atoms with Gasteiger partial charge in [-0.15, -0.1) is 0 Å². The number of nitrogen functional groups attached to an aromatic ring is 1. The minimum Gasteiger partial charge on any atom is -0.399 e. The van der Waals surface area contributed by atoms with E-state index in [4.69, 9.17) is 10.7 Å². The lowest BCUT2D eigenvalue weighted by Crippen LogP contribution is -2.34. The minimum absolute atomic E-state index is 0.772. The average molecular weight is 334 g/mol. The molecule has 4 nitrogen and oxygen atoms in total. The van der Waals surface area contributed by atoms with Crippen molar-refractivity contribution >= 4 is 11.3 Å². The Bertz CT molecular complexity index is 879. The Morgan fingerprint density at radius 3 is 2.72 bits per heavy atom. The van der Waals surface area contributed by atoms with Gasteiger partial charge < -0.3 is 5.73 Å². The number of anilines is 1. The van der Waals surface area contributed by atoms with Crippen molar-refractivity contribution in [1.29, 1.82) is 0 Å². The molecule has 0 amide bonds. The van der Waals surface area contributed by atoms with Gasteiger partial charge in [0.05, 0.1) is 11.4 Å². The molecule has 4 rings (SSSR count). The highest BCUT2D eigenvalue weighted by molar-refractivity contribution is 5.68. The Morgan fingerprint density at radius 2 is 1.96 bits per heavy atom. The summed E-state index contributed by atoms with van der Waals surface area (Å²) in [5.74, 6) is 0.772. The van der Waals surface area contributed by atoms with Crippen LogP contribution < -0.4 is 5.73 Å². The number of pyridine rings is 1. The van der Waals surface area contributed by atoms with Crippen molar-refractivity contribution in [3.05, 3.63) is 53.9 Å². The van der Waals surface area contributed by atoms with Gasteiger partial charge in [0.25, 0.3) is 0 Å². The van der Waals surface area contributed by atoms with Crippen LogP contribution in [0.2, 0.25) is 0 Å². The number of likely N-dealkylation sites (tertiary alicyclic amines) is 1. The van der Waals surface area contributed by atoms with Crippen molar-refractivity contribution in [3.8, 4) is 11.3 Å². The smallest absolute Gasteiger partial charge is 0.137 e. The number of fused-ring (bicyclic) bond motifs is 1. The van der Waals surface area contributed by atoms with Gasteiger partial charge in [0.15, 0.2) is 0 Å². The summed E-state index contributed by atoms with van der Waals surface area (Å²) in [5, 5.41) is 0. The summed E-state index contributed by atoms with van der Waals surface area (Å²) < 4.78 is 2.31. The number of hydrogen-bond acceptors (Lipinski definition) is 3. The summed E-state index contributed by atoms with van der Waals surface area (Å²) in [7, 11) is 0. The number of rotatable bonds is 3. The standard InChI is InChI=1S/C21H26N4/c1-15-5-4-12-24(13-15)14-19-21(17-8-10-18(22)11-9-17)23-20-7-3-6-16(2)25(19)20/h3,6-11,15H,4-5,12-14,22H2,1-2H3. The molecule has 1 aliphatic heterocycles. The largest absolute Gasteiger partial charge is 0.399 e. The quantitative estimate of drug-likeness (QED) is 0.733. The van der Waals surface area contributed by atoms with Gasteiger partial charge in [-0.1, -0.05) is 25.1 Å². The predicted octanol–water partition coefficient (Wildman–Crippen LogP) is 4.12. The summed E-state index contributed by atoms with van der Waals surface area (Å²) in [4.78, 5) is 7.53. The number of aryl methyl sites for hydroxylation is 1. The second kappa shape index (κ2) is 6.52. The van der Waals surface area contributed by atoms with E-state index in [1.54, 1.807) is 0 Å². The Hall–Kier alpha value is -2.33.